The number of thioether (sulfide) groups is 1. The number of hydrogen-bond acceptors (Lipinski definition) is 3. The van der Waals surface area contributed by atoms with Gasteiger partial charge in [-0.3, -0.25) is 4.68 Å². The molecular formula is C12H12BrFN2OS. The van der Waals surface area contributed by atoms with Gasteiger partial charge in [-0.1, -0.05) is 0 Å². The van der Waals surface area contributed by atoms with Crippen LogP contribution in [0.2, 0.25) is 0 Å². The van der Waals surface area contributed by atoms with Crippen molar-refractivity contribution in [3.63, 3.8) is 0 Å². The largest absolute Gasteiger partial charge is 0.386 e. The van der Waals surface area contributed by atoms with Gasteiger partial charge < -0.3 is 5.11 Å². The van der Waals surface area contributed by atoms with Gasteiger partial charge in [0.1, 0.15) is 11.9 Å². The van der Waals surface area contributed by atoms with E-state index in [9.17, 15) is 9.50 Å². The van der Waals surface area contributed by atoms with Gasteiger partial charge in [-0.15, -0.1) is 11.8 Å². The molecule has 0 aliphatic rings. The average molecular weight is 331 g/mol. The summed E-state index contributed by atoms with van der Waals surface area (Å²) in [6, 6.07) is 6.22. The lowest BCUT2D eigenvalue weighted by Gasteiger charge is -2.11. The molecule has 18 heavy (non-hydrogen) atoms. The first-order chi connectivity index (χ1) is 8.58. The lowest BCUT2D eigenvalue weighted by Crippen LogP contribution is -2.08. The minimum Gasteiger partial charge on any atom is -0.386 e. The summed E-state index contributed by atoms with van der Waals surface area (Å²) in [5.41, 5.74) is 0.740. The van der Waals surface area contributed by atoms with E-state index < -0.39 is 6.10 Å². The third-order valence-corrected chi connectivity index (χ3v) is 4.17. The topological polar surface area (TPSA) is 38.0 Å². The Balaban J connectivity index is 2.00. The number of hydrogen-bond donors (Lipinski definition) is 1. The first-order valence-electron chi connectivity index (χ1n) is 5.31. The van der Waals surface area contributed by atoms with E-state index in [-0.39, 0.29) is 5.82 Å². The molecule has 0 fully saturated rings. The molecule has 96 valence electrons. The second kappa shape index (κ2) is 5.86. The van der Waals surface area contributed by atoms with Crippen LogP contribution in [-0.4, -0.2) is 20.6 Å². The number of nitrogens with zero attached hydrogens (tertiary/aromatic N) is 2. The molecule has 2 aromatic rings. The molecule has 0 bridgehead atoms. The van der Waals surface area contributed by atoms with Gasteiger partial charge in [-0.25, -0.2) is 4.39 Å². The van der Waals surface area contributed by atoms with Crippen LogP contribution in [0.3, 0.4) is 0 Å². The zero-order chi connectivity index (χ0) is 13.1. The van der Waals surface area contributed by atoms with E-state index in [4.69, 9.17) is 0 Å². The molecule has 1 aromatic heterocycles. The van der Waals surface area contributed by atoms with E-state index in [1.807, 2.05) is 0 Å². The minimum absolute atomic E-state index is 0.255. The number of aliphatic hydroxyl groups is 1. The summed E-state index contributed by atoms with van der Waals surface area (Å²) in [4.78, 5) is 0.925. The van der Waals surface area contributed by atoms with Crippen LogP contribution in [0.5, 0.6) is 0 Å². The fourth-order valence-electron chi connectivity index (χ4n) is 1.58. The van der Waals surface area contributed by atoms with Gasteiger partial charge in [0.15, 0.2) is 0 Å². The van der Waals surface area contributed by atoms with Gasteiger partial charge in [0.2, 0.25) is 0 Å². The van der Waals surface area contributed by atoms with E-state index in [2.05, 4.69) is 21.0 Å². The second-order valence-electron chi connectivity index (χ2n) is 3.78. The maximum Gasteiger partial charge on any atom is 0.123 e. The predicted molar refractivity (Wildman–Crippen MR) is 73.0 cm³/mol. The Bertz CT molecular complexity index is 510. The first kappa shape index (κ1) is 13.6. The SMILES string of the molecule is Cn1ncc(Br)c1C(O)CSc1ccc(F)cc1. The molecular weight excluding hydrogens is 319 g/mol. The average Bonchev–Trinajstić information content (AvgIpc) is 2.68. The van der Waals surface area contributed by atoms with Crippen LogP contribution in [0, 0.1) is 5.82 Å². The number of aryl methyl sites for hydroxylation is 1. The van der Waals surface area contributed by atoms with Crippen molar-refractivity contribution < 1.29 is 9.50 Å². The van der Waals surface area contributed by atoms with Crippen LogP contribution in [0.1, 0.15) is 11.8 Å². The van der Waals surface area contributed by atoms with Gasteiger partial charge in [0.25, 0.3) is 0 Å². The highest BCUT2D eigenvalue weighted by Crippen LogP contribution is 2.28. The maximum atomic E-state index is 12.7. The molecule has 0 aliphatic heterocycles. The highest BCUT2D eigenvalue weighted by molar-refractivity contribution is 9.10. The van der Waals surface area contributed by atoms with Crippen LogP contribution < -0.4 is 0 Å². The van der Waals surface area contributed by atoms with Crippen molar-refractivity contribution in [3.8, 4) is 0 Å². The Hall–Kier alpha value is -0.850. The lowest BCUT2D eigenvalue weighted by atomic mass is 10.3. The van der Waals surface area contributed by atoms with Crippen molar-refractivity contribution in [3.05, 3.63) is 46.4 Å². The van der Waals surface area contributed by atoms with Crippen molar-refractivity contribution in [1.29, 1.82) is 0 Å². The zero-order valence-corrected chi connectivity index (χ0v) is 12.1. The third-order valence-electron chi connectivity index (χ3n) is 2.47. The van der Waals surface area contributed by atoms with Crippen LogP contribution >= 0.6 is 27.7 Å². The summed E-state index contributed by atoms with van der Waals surface area (Å²) in [5, 5.41) is 14.2. The normalized spacial score (nSPS) is 12.7. The fraction of sp³-hybridized carbons (Fsp3) is 0.250. The number of aromatic nitrogens is 2. The predicted octanol–water partition coefficient (Wildman–Crippen LogP) is 3.15. The third kappa shape index (κ3) is 3.13. The highest BCUT2D eigenvalue weighted by atomic mass is 79.9. The molecule has 0 amide bonds. The molecule has 1 heterocycles. The molecule has 1 unspecified atom stereocenters. The summed E-state index contributed by atoms with van der Waals surface area (Å²) in [6.45, 7) is 0. The Labute approximate surface area is 117 Å². The molecule has 0 radical (unpaired) electrons. The highest BCUT2D eigenvalue weighted by Gasteiger charge is 2.16. The molecule has 1 aromatic carbocycles. The van der Waals surface area contributed by atoms with Gasteiger partial charge >= 0.3 is 0 Å². The van der Waals surface area contributed by atoms with E-state index in [1.54, 1.807) is 30.1 Å². The van der Waals surface area contributed by atoms with Crippen molar-refractivity contribution in [2.75, 3.05) is 5.75 Å². The van der Waals surface area contributed by atoms with E-state index >= 15 is 0 Å². The van der Waals surface area contributed by atoms with E-state index in [1.165, 1.54) is 23.9 Å². The van der Waals surface area contributed by atoms with Crippen molar-refractivity contribution in [2.24, 2.45) is 7.05 Å². The van der Waals surface area contributed by atoms with Gasteiger partial charge in [-0.2, -0.15) is 5.10 Å². The smallest absolute Gasteiger partial charge is 0.123 e. The van der Waals surface area contributed by atoms with Crippen LogP contribution in [0.15, 0.2) is 39.8 Å². The van der Waals surface area contributed by atoms with Gasteiger partial charge in [-0.05, 0) is 40.2 Å². The molecule has 6 heteroatoms. The van der Waals surface area contributed by atoms with Crippen molar-refractivity contribution in [1.82, 2.24) is 9.78 Å². The number of rotatable bonds is 4. The van der Waals surface area contributed by atoms with E-state index in [0.29, 0.717) is 5.75 Å². The van der Waals surface area contributed by atoms with Crippen molar-refractivity contribution >= 4 is 27.7 Å². The monoisotopic (exact) mass is 330 g/mol. The number of benzene rings is 1. The first-order valence-corrected chi connectivity index (χ1v) is 7.09. The molecule has 0 saturated carbocycles. The lowest BCUT2D eigenvalue weighted by molar-refractivity contribution is 0.193. The quantitative estimate of drug-likeness (QED) is 0.875. The van der Waals surface area contributed by atoms with Crippen LogP contribution in [-0.2, 0) is 7.05 Å². The standard InChI is InChI=1S/C12H12BrFN2OS/c1-16-12(10(13)6-15-16)11(17)7-18-9-4-2-8(14)3-5-9/h2-6,11,17H,7H2,1H3. The summed E-state index contributed by atoms with van der Waals surface area (Å²) >= 11 is 4.83. The van der Waals surface area contributed by atoms with Crippen LogP contribution in [0.4, 0.5) is 4.39 Å². The Morgan fingerprint density at radius 1 is 1.44 bits per heavy atom. The molecule has 0 saturated heterocycles. The minimum atomic E-state index is -0.623. The summed E-state index contributed by atoms with van der Waals surface area (Å²) in [5.74, 6) is 0.235. The summed E-state index contributed by atoms with van der Waals surface area (Å²) in [7, 11) is 1.78. The zero-order valence-electron chi connectivity index (χ0n) is 9.68. The Kier molecular flexibility index (Phi) is 4.42. The summed E-state index contributed by atoms with van der Waals surface area (Å²) < 4.78 is 15.2. The Morgan fingerprint density at radius 3 is 2.67 bits per heavy atom. The fourth-order valence-corrected chi connectivity index (χ4v) is 3.03. The number of halogens is 2. The molecule has 1 atom stereocenters. The van der Waals surface area contributed by atoms with E-state index in [0.717, 1.165) is 15.1 Å². The molecule has 3 nitrogen and oxygen atoms in total. The number of aliphatic hydroxyl groups excluding tert-OH is 1. The Morgan fingerprint density at radius 2 is 2.11 bits per heavy atom. The van der Waals surface area contributed by atoms with Crippen molar-refractivity contribution in [2.45, 2.75) is 11.0 Å². The van der Waals surface area contributed by atoms with Gasteiger partial charge in [0, 0.05) is 17.7 Å². The second-order valence-corrected chi connectivity index (χ2v) is 5.73. The maximum absolute atomic E-state index is 12.7. The molecule has 0 aliphatic carbocycles. The molecule has 1 N–H and O–H groups in total. The molecule has 2 rings (SSSR count). The van der Waals surface area contributed by atoms with Gasteiger partial charge in [0.05, 0.1) is 16.4 Å². The summed E-state index contributed by atoms with van der Waals surface area (Å²) in [6.07, 6.45) is 1.03. The molecule has 0 spiro atoms. The van der Waals surface area contributed by atoms with Crippen LogP contribution in [0.25, 0.3) is 0 Å².